The van der Waals surface area contributed by atoms with Gasteiger partial charge in [-0.05, 0) is 14.0 Å². The Labute approximate surface area is 110 Å². The number of carbonyl (C=O) groups excluding carboxylic acids is 1. The van der Waals surface area contributed by atoms with Crippen molar-refractivity contribution in [2.45, 2.75) is 12.1 Å². The summed E-state index contributed by atoms with van der Waals surface area (Å²) < 4.78 is 1.40. The van der Waals surface area contributed by atoms with Crippen LogP contribution >= 0.6 is 11.8 Å². The fraction of sp³-hybridized carbons (Fsp3) is 0.700. The Morgan fingerprint density at radius 1 is 1.33 bits per heavy atom. The monoisotopic (exact) mass is 270 g/mol. The lowest BCUT2D eigenvalue weighted by Crippen LogP contribution is -2.47. The zero-order chi connectivity index (χ0) is 13.1. The molecule has 1 fully saturated rings. The predicted molar refractivity (Wildman–Crippen MR) is 69.7 cm³/mol. The van der Waals surface area contributed by atoms with Crippen molar-refractivity contribution in [3.8, 4) is 0 Å². The van der Waals surface area contributed by atoms with Crippen molar-refractivity contribution in [3.05, 3.63) is 5.82 Å². The van der Waals surface area contributed by atoms with E-state index in [1.54, 1.807) is 6.92 Å². The molecule has 1 aliphatic heterocycles. The molecule has 0 unspecified atom stereocenters. The van der Waals surface area contributed by atoms with E-state index in [-0.39, 0.29) is 5.91 Å². The molecule has 1 saturated heterocycles. The molecule has 0 aliphatic carbocycles. The summed E-state index contributed by atoms with van der Waals surface area (Å²) in [5, 5.41) is 8.35. The van der Waals surface area contributed by atoms with E-state index in [0.29, 0.717) is 16.7 Å². The van der Waals surface area contributed by atoms with Crippen molar-refractivity contribution in [1.29, 1.82) is 0 Å². The van der Waals surface area contributed by atoms with Crippen LogP contribution in [0, 0.1) is 6.92 Å². The van der Waals surface area contributed by atoms with Gasteiger partial charge >= 0.3 is 0 Å². The van der Waals surface area contributed by atoms with Crippen LogP contribution in [0.2, 0.25) is 0 Å². The van der Waals surface area contributed by atoms with Gasteiger partial charge in [-0.2, -0.15) is 0 Å². The number of thioether (sulfide) groups is 1. The van der Waals surface area contributed by atoms with E-state index in [0.717, 1.165) is 26.2 Å². The fourth-order valence-electron chi connectivity index (χ4n) is 1.72. The second-order valence-electron chi connectivity index (χ2n) is 4.37. The molecule has 1 aromatic rings. The predicted octanol–water partition coefficient (Wildman–Crippen LogP) is -0.834. The number of amides is 1. The summed E-state index contributed by atoms with van der Waals surface area (Å²) >= 11 is 1.33. The average molecular weight is 270 g/mol. The second kappa shape index (κ2) is 5.57. The Morgan fingerprint density at radius 3 is 2.56 bits per heavy atom. The highest BCUT2D eigenvalue weighted by Crippen LogP contribution is 2.15. The third-order valence-electron chi connectivity index (χ3n) is 3.02. The third kappa shape index (κ3) is 2.94. The maximum atomic E-state index is 12.0. The van der Waals surface area contributed by atoms with Crippen LogP contribution in [-0.2, 0) is 4.79 Å². The Morgan fingerprint density at radius 2 is 2.00 bits per heavy atom. The van der Waals surface area contributed by atoms with Gasteiger partial charge in [0.05, 0.1) is 5.75 Å². The van der Waals surface area contributed by atoms with Crippen molar-refractivity contribution < 1.29 is 4.79 Å². The minimum atomic E-state index is 0.133. The highest BCUT2D eigenvalue weighted by Gasteiger charge is 2.19. The number of likely N-dealkylation sites (N-methyl/N-ethyl adjacent to an activating group) is 1. The summed E-state index contributed by atoms with van der Waals surface area (Å²) in [4.78, 5) is 16.1. The van der Waals surface area contributed by atoms with Crippen LogP contribution in [0.1, 0.15) is 5.82 Å². The highest BCUT2D eigenvalue weighted by atomic mass is 32.2. The normalized spacial score (nSPS) is 17.1. The number of rotatable bonds is 3. The number of nitrogens with zero attached hydrogens (tertiary/aromatic N) is 5. The molecule has 1 aliphatic rings. The van der Waals surface area contributed by atoms with Crippen LogP contribution in [0.25, 0.3) is 0 Å². The molecule has 0 radical (unpaired) electrons. The Balaban J connectivity index is 1.83. The van der Waals surface area contributed by atoms with Crippen molar-refractivity contribution in [1.82, 2.24) is 24.7 Å². The number of aromatic nitrogens is 3. The molecule has 2 rings (SSSR count). The lowest BCUT2D eigenvalue weighted by Gasteiger charge is -2.32. The number of aryl methyl sites for hydroxylation is 1. The molecule has 0 spiro atoms. The summed E-state index contributed by atoms with van der Waals surface area (Å²) in [5.74, 6) is 6.86. The summed E-state index contributed by atoms with van der Waals surface area (Å²) in [6, 6.07) is 0. The van der Waals surface area contributed by atoms with E-state index in [2.05, 4.69) is 22.1 Å². The zero-order valence-electron chi connectivity index (χ0n) is 10.7. The van der Waals surface area contributed by atoms with Crippen molar-refractivity contribution in [3.63, 3.8) is 0 Å². The first kappa shape index (κ1) is 13.2. The summed E-state index contributed by atoms with van der Waals surface area (Å²) in [6.45, 7) is 5.24. The van der Waals surface area contributed by atoms with Crippen LogP contribution in [-0.4, -0.2) is 69.6 Å². The number of hydrogen-bond acceptors (Lipinski definition) is 6. The van der Waals surface area contributed by atoms with Gasteiger partial charge in [-0.3, -0.25) is 4.79 Å². The molecule has 0 bridgehead atoms. The number of carbonyl (C=O) groups is 1. The minimum Gasteiger partial charge on any atom is -0.339 e. The van der Waals surface area contributed by atoms with Gasteiger partial charge in [0.15, 0.2) is 0 Å². The number of nitrogen functional groups attached to an aromatic ring is 1. The number of piperazine rings is 1. The van der Waals surface area contributed by atoms with Gasteiger partial charge in [0.2, 0.25) is 11.1 Å². The topological polar surface area (TPSA) is 80.3 Å². The molecular formula is C10H18N6OS. The molecule has 0 saturated carbocycles. The van der Waals surface area contributed by atoms with Gasteiger partial charge < -0.3 is 15.6 Å². The van der Waals surface area contributed by atoms with Crippen molar-refractivity contribution >= 4 is 17.7 Å². The lowest BCUT2D eigenvalue weighted by atomic mass is 10.3. The van der Waals surface area contributed by atoms with E-state index in [9.17, 15) is 4.79 Å². The molecule has 18 heavy (non-hydrogen) atoms. The van der Waals surface area contributed by atoms with Gasteiger partial charge in [-0.1, -0.05) is 11.8 Å². The standard InChI is InChI=1S/C10H18N6OS/c1-8-12-13-10(16(8)11)18-7-9(17)15-5-3-14(2)4-6-15/h3-7,11H2,1-2H3. The lowest BCUT2D eigenvalue weighted by molar-refractivity contribution is -0.129. The zero-order valence-corrected chi connectivity index (χ0v) is 11.5. The number of nitrogens with two attached hydrogens (primary N) is 1. The maximum absolute atomic E-state index is 12.0. The number of hydrogen-bond donors (Lipinski definition) is 1. The smallest absolute Gasteiger partial charge is 0.233 e. The van der Waals surface area contributed by atoms with Crippen molar-refractivity contribution in [2.24, 2.45) is 0 Å². The maximum Gasteiger partial charge on any atom is 0.233 e. The molecule has 2 N–H and O–H groups in total. The summed E-state index contributed by atoms with van der Waals surface area (Å²) in [5.41, 5.74) is 0. The first-order valence-corrected chi connectivity index (χ1v) is 6.82. The first-order valence-electron chi connectivity index (χ1n) is 5.84. The SMILES string of the molecule is Cc1nnc(SCC(=O)N2CCN(C)CC2)n1N. The van der Waals surface area contributed by atoms with Gasteiger partial charge in [0.1, 0.15) is 5.82 Å². The van der Waals surface area contributed by atoms with Crippen LogP contribution in [0.4, 0.5) is 0 Å². The van der Waals surface area contributed by atoms with Crippen molar-refractivity contribution in [2.75, 3.05) is 44.8 Å². The van der Waals surface area contributed by atoms with E-state index in [1.165, 1.54) is 16.4 Å². The van der Waals surface area contributed by atoms with Gasteiger partial charge in [-0.25, -0.2) is 4.68 Å². The van der Waals surface area contributed by atoms with E-state index in [4.69, 9.17) is 5.84 Å². The van der Waals surface area contributed by atoms with Crippen LogP contribution in [0.15, 0.2) is 5.16 Å². The Bertz CT molecular complexity index is 426. The van der Waals surface area contributed by atoms with Crippen LogP contribution in [0.3, 0.4) is 0 Å². The third-order valence-corrected chi connectivity index (χ3v) is 3.94. The molecule has 8 heteroatoms. The Hall–Kier alpha value is -1.28. The quantitative estimate of drug-likeness (QED) is 0.570. The first-order chi connectivity index (χ1) is 8.58. The largest absolute Gasteiger partial charge is 0.339 e. The molecule has 0 atom stereocenters. The highest BCUT2D eigenvalue weighted by molar-refractivity contribution is 7.99. The molecule has 1 aromatic heterocycles. The van der Waals surface area contributed by atoms with Gasteiger partial charge in [0.25, 0.3) is 0 Å². The molecule has 2 heterocycles. The Kier molecular flexibility index (Phi) is 4.07. The van der Waals surface area contributed by atoms with E-state index < -0.39 is 0 Å². The molecule has 1 amide bonds. The minimum absolute atomic E-state index is 0.133. The molecular weight excluding hydrogens is 252 g/mol. The molecule has 100 valence electrons. The van der Waals surface area contributed by atoms with Crippen LogP contribution < -0.4 is 5.84 Å². The summed E-state index contributed by atoms with van der Waals surface area (Å²) in [6.07, 6.45) is 0. The van der Waals surface area contributed by atoms with E-state index >= 15 is 0 Å². The fourth-order valence-corrected chi connectivity index (χ4v) is 2.53. The average Bonchev–Trinajstić information content (AvgIpc) is 2.68. The molecule has 0 aromatic carbocycles. The van der Waals surface area contributed by atoms with E-state index in [1.807, 2.05) is 4.90 Å². The van der Waals surface area contributed by atoms with Crippen LogP contribution in [0.5, 0.6) is 0 Å². The summed E-state index contributed by atoms with van der Waals surface area (Å²) in [7, 11) is 2.07. The van der Waals surface area contributed by atoms with Gasteiger partial charge in [-0.15, -0.1) is 10.2 Å². The molecule has 7 nitrogen and oxygen atoms in total. The second-order valence-corrected chi connectivity index (χ2v) is 5.32. The van der Waals surface area contributed by atoms with Gasteiger partial charge in [0, 0.05) is 26.2 Å².